The minimum atomic E-state index is 0.584. The van der Waals surface area contributed by atoms with Gasteiger partial charge in [-0.3, -0.25) is 0 Å². The number of hydrogen-bond acceptors (Lipinski definition) is 3. The summed E-state index contributed by atoms with van der Waals surface area (Å²) in [4.78, 5) is 0. The molecule has 1 aliphatic heterocycles. The fourth-order valence-electron chi connectivity index (χ4n) is 2.60. The van der Waals surface area contributed by atoms with E-state index in [9.17, 15) is 0 Å². The van der Waals surface area contributed by atoms with Gasteiger partial charge in [-0.05, 0) is 37.6 Å². The lowest BCUT2D eigenvalue weighted by Crippen LogP contribution is -2.44. The number of methoxy groups -OCH3 is 1. The van der Waals surface area contributed by atoms with Crippen LogP contribution in [0.1, 0.15) is 33.1 Å². The zero-order chi connectivity index (χ0) is 11.8. The zero-order valence-electron chi connectivity index (χ0n) is 11.0. The summed E-state index contributed by atoms with van der Waals surface area (Å²) in [6.07, 6.45) is 3.64. The molecule has 96 valence electrons. The maximum absolute atomic E-state index is 5.59. The Morgan fingerprint density at radius 3 is 2.88 bits per heavy atom. The van der Waals surface area contributed by atoms with E-state index in [1.165, 1.54) is 12.8 Å². The van der Waals surface area contributed by atoms with Crippen molar-refractivity contribution in [1.82, 2.24) is 5.32 Å². The Morgan fingerprint density at radius 1 is 1.50 bits per heavy atom. The molecule has 3 atom stereocenters. The van der Waals surface area contributed by atoms with E-state index in [0.29, 0.717) is 17.9 Å². The molecule has 1 N–H and O–H groups in total. The van der Waals surface area contributed by atoms with Crippen LogP contribution in [0.4, 0.5) is 0 Å². The Morgan fingerprint density at radius 2 is 2.31 bits per heavy atom. The molecule has 16 heavy (non-hydrogen) atoms. The lowest BCUT2D eigenvalue weighted by Gasteiger charge is -2.34. The molecule has 0 aromatic carbocycles. The number of rotatable bonds is 7. The van der Waals surface area contributed by atoms with E-state index < -0.39 is 0 Å². The molecule has 0 aromatic rings. The van der Waals surface area contributed by atoms with E-state index in [0.717, 1.165) is 32.8 Å². The van der Waals surface area contributed by atoms with Crippen LogP contribution in [-0.4, -0.2) is 39.5 Å². The Bertz CT molecular complexity index is 169. The first kappa shape index (κ1) is 13.9. The highest BCUT2D eigenvalue weighted by atomic mass is 16.5. The van der Waals surface area contributed by atoms with E-state index in [-0.39, 0.29) is 0 Å². The summed E-state index contributed by atoms with van der Waals surface area (Å²) in [5, 5.41) is 3.63. The van der Waals surface area contributed by atoms with Gasteiger partial charge in [-0.1, -0.05) is 13.8 Å². The van der Waals surface area contributed by atoms with Crippen LogP contribution in [0.25, 0.3) is 0 Å². The second-order valence-electron chi connectivity index (χ2n) is 4.82. The first-order valence-corrected chi connectivity index (χ1v) is 6.59. The molecule has 0 aliphatic carbocycles. The third-order valence-corrected chi connectivity index (χ3v) is 3.53. The minimum absolute atomic E-state index is 0.584. The van der Waals surface area contributed by atoms with Gasteiger partial charge in [0.05, 0.1) is 6.61 Å². The van der Waals surface area contributed by atoms with Crippen molar-refractivity contribution in [2.24, 2.45) is 11.8 Å². The SMILES string of the molecule is CCNC(C(C)CCOC)C1CCCOC1. The van der Waals surface area contributed by atoms with Crippen LogP contribution >= 0.6 is 0 Å². The van der Waals surface area contributed by atoms with Crippen molar-refractivity contribution in [1.29, 1.82) is 0 Å². The van der Waals surface area contributed by atoms with Crippen molar-refractivity contribution >= 4 is 0 Å². The molecule has 0 aromatic heterocycles. The van der Waals surface area contributed by atoms with E-state index >= 15 is 0 Å². The molecule has 1 saturated heterocycles. The second kappa shape index (κ2) is 8.04. The molecule has 3 heteroatoms. The molecule has 1 heterocycles. The van der Waals surface area contributed by atoms with Crippen LogP contribution in [0.2, 0.25) is 0 Å². The molecule has 1 rings (SSSR count). The number of ether oxygens (including phenoxy) is 2. The molecule has 3 nitrogen and oxygen atoms in total. The summed E-state index contributed by atoms with van der Waals surface area (Å²) in [5.41, 5.74) is 0. The standard InChI is InChI=1S/C13H27NO2/c1-4-14-13(11(2)7-9-15-3)12-6-5-8-16-10-12/h11-14H,4-10H2,1-3H3. The molecule has 0 amide bonds. The van der Waals surface area contributed by atoms with Gasteiger partial charge < -0.3 is 14.8 Å². The van der Waals surface area contributed by atoms with Crippen LogP contribution in [-0.2, 0) is 9.47 Å². The molecule has 3 unspecified atom stereocenters. The Kier molecular flexibility index (Phi) is 7.01. The largest absolute Gasteiger partial charge is 0.385 e. The van der Waals surface area contributed by atoms with Crippen LogP contribution in [0, 0.1) is 11.8 Å². The fourth-order valence-corrected chi connectivity index (χ4v) is 2.60. The Balaban J connectivity index is 2.43. The average Bonchev–Trinajstić information content (AvgIpc) is 2.34. The predicted molar refractivity (Wildman–Crippen MR) is 66.7 cm³/mol. The summed E-state index contributed by atoms with van der Waals surface area (Å²) in [7, 11) is 1.78. The van der Waals surface area contributed by atoms with Crippen molar-refractivity contribution in [2.75, 3.05) is 33.5 Å². The first-order chi connectivity index (χ1) is 7.79. The van der Waals surface area contributed by atoms with Gasteiger partial charge >= 0.3 is 0 Å². The second-order valence-corrected chi connectivity index (χ2v) is 4.82. The van der Waals surface area contributed by atoms with Crippen LogP contribution in [0.15, 0.2) is 0 Å². The quantitative estimate of drug-likeness (QED) is 0.725. The van der Waals surface area contributed by atoms with Gasteiger partial charge in [0, 0.05) is 26.4 Å². The summed E-state index contributed by atoms with van der Waals surface area (Å²) in [6, 6.07) is 0.584. The highest BCUT2D eigenvalue weighted by Crippen LogP contribution is 2.24. The van der Waals surface area contributed by atoms with Crippen molar-refractivity contribution in [3.8, 4) is 0 Å². The van der Waals surface area contributed by atoms with Gasteiger partial charge in [0.1, 0.15) is 0 Å². The van der Waals surface area contributed by atoms with E-state index in [2.05, 4.69) is 19.2 Å². The molecular weight excluding hydrogens is 202 g/mol. The van der Waals surface area contributed by atoms with Crippen molar-refractivity contribution in [3.05, 3.63) is 0 Å². The lowest BCUT2D eigenvalue weighted by atomic mass is 9.84. The van der Waals surface area contributed by atoms with E-state index in [4.69, 9.17) is 9.47 Å². The highest BCUT2D eigenvalue weighted by molar-refractivity contribution is 4.82. The van der Waals surface area contributed by atoms with Gasteiger partial charge in [0.25, 0.3) is 0 Å². The smallest absolute Gasteiger partial charge is 0.0509 e. The molecule has 0 spiro atoms. The van der Waals surface area contributed by atoms with Crippen LogP contribution < -0.4 is 5.32 Å². The van der Waals surface area contributed by atoms with Crippen LogP contribution in [0.3, 0.4) is 0 Å². The van der Waals surface area contributed by atoms with E-state index in [1.54, 1.807) is 7.11 Å². The zero-order valence-corrected chi connectivity index (χ0v) is 11.0. The van der Waals surface area contributed by atoms with Gasteiger partial charge in [-0.15, -0.1) is 0 Å². The number of nitrogens with one attached hydrogen (secondary N) is 1. The van der Waals surface area contributed by atoms with Gasteiger partial charge in [-0.25, -0.2) is 0 Å². The predicted octanol–water partition coefficient (Wildman–Crippen LogP) is 2.06. The third kappa shape index (κ3) is 4.40. The summed E-state index contributed by atoms with van der Waals surface area (Å²) in [6.45, 7) is 8.27. The maximum Gasteiger partial charge on any atom is 0.0509 e. The topological polar surface area (TPSA) is 30.5 Å². The minimum Gasteiger partial charge on any atom is -0.385 e. The lowest BCUT2D eigenvalue weighted by molar-refractivity contribution is 0.0271. The summed E-state index contributed by atoms with van der Waals surface area (Å²) >= 11 is 0. The molecule has 1 aliphatic rings. The van der Waals surface area contributed by atoms with Crippen molar-refractivity contribution in [3.63, 3.8) is 0 Å². The van der Waals surface area contributed by atoms with Crippen molar-refractivity contribution in [2.45, 2.75) is 39.2 Å². The summed E-state index contributed by atoms with van der Waals surface area (Å²) in [5.74, 6) is 1.34. The maximum atomic E-state index is 5.59. The Labute approximate surface area is 99.9 Å². The monoisotopic (exact) mass is 229 g/mol. The first-order valence-electron chi connectivity index (χ1n) is 6.59. The molecule has 1 fully saturated rings. The third-order valence-electron chi connectivity index (χ3n) is 3.53. The normalized spacial score (nSPS) is 25.3. The molecule has 0 saturated carbocycles. The van der Waals surface area contributed by atoms with Gasteiger partial charge in [0.15, 0.2) is 0 Å². The number of hydrogen-bond donors (Lipinski definition) is 1. The average molecular weight is 229 g/mol. The fraction of sp³-hybridized carbons (Fsp3) is 1.00. The molecular formula is C13H27NO2. The van der Waals surface area contributed by atoms with Gasteiger partial charge in [0.2, 0.25) is 0 Å². The molecule has 0 bridgehead atoms. The highest BCUT2D eigenvalue weighted by Gasteiger charge is 2.27. The van der Waals surface area contributed by atoms with Crippen LogP contribution in [0.5, 0.6) is 0 Å². The van der Waals surface area contributed by atoms with Gasteiger partial charge in [-0.2, -0.15) is 0 Å². The Hall–Kier alpha value is -0.120. The molecule has 0 radical (unpaired) electrons. The summed E-state index contributed by atoms with van der Waals surface area (Å²) < 4.78 is 10.8. The van der Waals surface area contributed by atoms with Crippen molar-refractivity contribution < 1.29 is 9.47 Å². The van der Waals surface area contributed by atoms with E-state index in [1.807, 2.05) is 0 Å².